The van der Waals surface area contributed by atoms with E-state index in [1.807, 2.05) is 24.7 Å². The molecule has 17 heavy (non-hydrogen) atoms. The van der Waals surface area contributed by atoms with Crippen LogP contribution in [0.5, 0.6) is 0 Å². The number of hydrogen-bond donors (Lipinski definition) is 2. The Bertz CT molecular complexity index is 379. The summed E-state index contributed by atoms with van der Waals surface area (Å²) >= 11 is 3.34. The van der Waals surface area contributed by atoms with Gasteiger partial charge in [0.2, 0.25) is 5.91 Å². The van der Waals surface area contributed by atoms with E-state index in [1.54, 1.807) is 6.20 Å². The van der Waals surface area contributed by atoms with Gasteiger partial charge in [-0.25, -0.2) is 0 Å². The van der Waals surface area contributed by atoms with E-state index in [9.17, 15) is 4.79 Å². The van der Waals surface area contributed by atoms with E-state index in [2.05, 4.69) is 26.3 Å². The number of likely N-dealkylation sites (N-methyl/N-ethyl adjacent to an activating group) is 1. The Morgan fingerprint density at radius 2 is 2.41 bits per heavy atom. The number of amides is 1. The van der Waals surface area contributed by atoms with E-state index in [0.29, 0.717) is 6.42 Å². The third-order valence-electron chi connectivity index (χ3n) is 2.78. The van der Waals surface area contributed by atoms with Crippen molar-refractivity contribution in [3.8, 4) is 0 Å². The van der Waals surface area contributed by atoms with Gasteiger partial charge in [0.25, 0.3) is 0 Å². The molecule has 0 radical (unpaired) electrons. The van der Waals surface area contributed by atoms with E-state index >= 15 is 0 Å². The van der Waals surface area contributed by atoms with Gasteiger partial charge < -0.3 is 11.1 Å². The minimum atomic E-state index is -0.626. The molecule has 0 aliphatic heterocycles. The Balaban J connectivity index is 2.45. The molecule has 0 fully saturated rings. The molecule has 96 valence electrons. The highest BCUT2D eigenvalue weighted by Gasteiger charge is 2.28. The quantitative estimate of drug-likeness (QED) is 0.797. The number of primary amides is 1. The number of nitrogens with one attached hydrogen (secondary N) is 1. The summed E-state index contributed by atoms with van der Waals surface area (Å²) in [5, 5.41) is 7.30. The number of aromatic nitrogens is 2. The molecule has 0 bridgehead atoms. The second-order valence-corrected chi connectivity index (χ2v) is 5.17. The van der Waals surface area contributed by atoms with Crippen molar-refractivity contribution in [1.29, 1.82) is 0 Å². The van der Waals surface area contributed by atoms with Crippen molar-refractivity contribution in [3.05, 3.63) is 16.9 Å². The number of hydrogen-bond acceptors (Lipinski definition) is 3. The van der Waals surface area contributed by atoms with Gasteiger partial charge >= 0.3 is 0 Å². The Kier molecular flexibility index (Phi) is 5.14. The number of halogens is 1. The number of carbonyl (C=O) groups excluding carboxylic acids is 1. The van der Waals surface area contributed by atoms with Crippen LogP contribution in [0.1, 0.15) is 26.7 Å². The van der Waals surface area contributed by atoms with Crippen LogP contribution in [0, 0.1) is 0 Å². The SMILES string of the molecule is CCNC(C)(CCCn1cc(Br)cn1)C(N)=O. The summed E-state index contributed by atoms with van der Waals surface area (Å²) in [5.41, 5.74) is 4.78. The smallest absolute Gasteiger partial charge is 0.237 e. The highest BCUT2D eigenvalue weighted by atomic mass is 79.9. The fourth-order valence-electron chi connectivity index (χ4n) is 1.74. The number of carbonyl (C=O) groups is 1. The van der Waals surface area contributed by atoms with Gasteiger partial charge in [0.15, 0.2) is 0 Å². The van der Waals surface area contributed by atoms with E-state index in [-0.39, 0.29) is 5.91 Å². The fraction of sp³-hybridized carbons (Fsp3) is 0.636. The summed E-state index contributed by atoms with van der Waals surface area (Å²) in [6.07, 6.45) is 5.21. The van der Waals surface area contributed by atoms with E-state index in [1.165, 1.54) is 0 Å². The number of nitrogens with zero attached hydrogens (tertiary/aromatic N) is 2. The molecule has 1 amide bonds. The fourth-order valence-corrected chi connectivity index (χ4v) is 2.07. The molecule has 1 heterocycles. The number of nitrogens with two attached hydrogens (primary N) is 1. The second kappa shape index (κ2) is 6.16. The summed E-state index contributed by atoms with van der Waals surface area (Å²) < 4.78 is 2.80. The molecule has 3 N–H and O–H groups in total. The maximum atomic E-state index is 11.4. The molecule has 1 aromatic heterocycles. The lowest BCUT2D eigenvalue weighted by Crippen LogP contribution is -2.53. The standard InChI is InChI=1S/C11H19BrN4O/c1-3-14-11(2,10(13)17)5-4-6-16-8-9(12)7-15-16/h7-8,14H,3-6H2,1-2H3,(H2,13,17). The van der Waals surface area contributed by atoms with Gasteiger partial charge in [0.05, 0.1) is 16.2 Å². The van der Waals surface area contributed by atoms with Gasteiger partial charge in [0, 0.05) is 12.7 Å². The van der Waals surface area contributed by atoms with Gasteiger partial charge in [-0.1, -0.05) is 6.92 Å². The van der Waals surface area contributed by atoms with E-state index < -0.39 is 5.54 Å². The van der Waals surface area contributed by atoms with Crippen LogP contribution in [0.3, 0.4) is 0 Å². The van der Waals surface area contributed by atoms with Crippen LogP contribution in [0.25, 0.3) is 0 Å². The first-order valence-electron chi connectivity index (χ1n) is 5.71. The van der Waals surface area contributed by atoms with Crippen LogP contribution in [0.15, 0.2) is 16.9 Å². The Morgan fingerprint density at radius 3 is 2.88 bits per heavy atom. The van der Waals surface area contributed by atoms with Crippen LogP contribution in [-0.4, -0.2) is 27.8 Å². The molecular weight excluding hydrogens is 284 g/mol. The second-order valence-electron chi connectivity index (χ2n) is 4.25. The molecule has 6 heteroatoms. The van der Waals surface area contributed by atoms with Crippen LogP contribution in [0.2, 0.25) is 0 Å². The molecule has 1 rings (SSSR count). The zero-order valence-corrected chi connectivity index (χ0v) is 11.8. The zero-order chi connectivity index (χ0) is 12.9. The minimum Gasteiger partial charge on any atom is -0.368 e. The molecule has 1 atom stereocenters. The Morgan fingerprint density at radius 1 is 1.71 bits per heavy atom. The summed E-state index contributed by atoms with van der Waals surface area (Å²) in [6, 6.07) is 0. The van der Waals surface area contributed by atoms with Crippen LogP contribution in [-0.2, 0) is 11.3 Å². The summed E-state index contributed by atoms with van der Waals surface area (Å²) in [7, 11) is 0. The van der Waals surface area contributed by atoms with Gasteiger partial charge in [-0.15, -0.1) is 0 Å². The molecule has 0 aliphatic carbocycles. The van der Waals surface area contributed by atoms with Crippen molar-refractivity contribution >= 4 is 21.8 Å². The lowest BCUT2D eigenvalue weighted by Gasteiger charge is -2.26. The highest BCUT2D eigenvalue weighted by molar-refractivity contribution is 9.10. The predicted molar refractivity (Wildman–Crippen MR) is 70.4 cm³/mol. The van der Waals surface area contributed by atoms with Crippen molar-refractivity contribution in [2.45, 2.75) is 38.8 Å². The Hall–Kier alpha value is -0.880. The molecule has 0 aliphatic rings. The van der Waals surface area contributed by atoms with Gasteiger partial charge in [-0.05, 0) is 42.2 Å². The summed E-state index contributed by atoms with van der Waals surface area (Å²) in [4.78, 5) is 11.4. The molecule has 1 unspecified atom stereocenters. The number of rotatable bonds is 7. The molecule has 0 aromatic carbocycles. The molecule has 1 aromatic rings. The average Bonchev–Trinajstić information content (AvgIpc) is 2.64. The Labute approximate surface area is 110 Å². The van der Waals surface area contributed by atoms with E-state index in [0.717, 1.165) is 24.0 Å². The molecule has 0 saturated heterocycles. The number of aryl methyl sites for hydroxylation is 1. The largest absolute Gasteiger partial charge is 0.368 e. The zero-order valence-electron chi connectivity index (χ0n) is 10.2. The van der Waals surface area contributed by atoms with Gasteiger partial charge in [-0.2, -0.15) is 5.10 Å². The first kappa shape index (κ1) is 14.2. The summed E-state index contributed by atoms with van der Waals surface area (Å²) in [6.45, 7) is 5.32. The lowest BCUT2D eigenvalue weighted by molar-refractivity contribution is -0.124. The van der Waals surface area contributed by atoms with Crippen LogP contribution >= 0.6 is 15.9 Å². The normalized spacial score (nSPS) is 14.5. The van der Waals surface area contributed by atoms with Crippen LogP contribution in [0.4, 0.5) is 0 Å². The highest BCUT2D eigenvalue weighted by Crippen LogP contribution is 2.13. The maximum absolute atomic E-state index is 11.4. The topological polar surface area (TPSA) is 72.9 Å². The van der Waals surface area contributed by atoms with Crippen molar-refractivity contribution in [2.24, 2.45) is 5.73 Å². The van der Waals surface area contributed by atoms with Crippen molar-refractivity contribution in [3.63, 3.8) is 0 Å². The molecular formula is C11H19BrN4O. The molecule has 5 nitrogen and oxygen atoms in total. The van der Waals surface area contributed by atoms with Crippen molar-refractivity contribution in [2.75, 3.05) is 6.54 Å². The molecule has 0 saturated carbocycles. The van der Waals surface area contributed by atoms with Crippen molar-refractivity contribution in [1.82, 2.24) is 15.1 Å². The first-order valence-corrected chi connectivity index (χ1v) is 6.50. The lowest BCUT2D eigenvalue weighted by atomic mass is 9.95. The summed E-state index contributed by atoms with van der Waals surface area (Å²) in [5.74, 6) is -0.305. The minimum absolute atomic E-state index is 0.305. The monoisotopic (exact) mass is 302 g/mol. The van der Waals surface area contributed by atoms with Gasteiger partial charge in [0.1, 0.15) is 0 Å². The third-order valence-corrected chi connectivity index (χ3v) is 3.19. The predicted octanol–water partition coefficient (Wildman–Crippen LogP) is 1.28. The maximum Gasteiger partial charge on any atom is 0.237 e. The van der Waals surface area contributed by atoms with E-state index in [4.69, 9.17) is 5.73 Å². The van der Waals surface area contributed by atoms with Gasteiger partial charge in [-0.3, -0.25) is 9.48 Å². The van der Waals surface area contributed by atoms with Crippen molar-refractivity contribution < 1.29 is 4.79 Å². The first-order chi connectivity index (χ1) is 7.98. The third kappa shape index (κ3) is 4.12. The van der Waals surface area contributed by atoms with Crippen LogP contribution < -0.4 is 11.1 Å². The average molecular weight is 303 g/mol. The molecule has 0 spiro atoms.